The minimum absolute atomic E-state index is 0.314. The van der Waals surface area contributed by atoms with Gasteiger partial charge in [-0.05, 0) is 42.3 Å². The predicted octanol–water partition coefficient (Wildman–Crippen LogP) is 5.06. The van der Waals surface area contributed by atoms with E-state index in [4.69, 9.17) is 27.9 Å². The zero-order chi connectivity index (χ0) is 14.7. The van der Waals surface area contributed by atoms with Gasteiger partial charge in [-0.3, -0.25) is 0 Å². The van der Waals surface area contributed by atoms with E-state index in [0.717, 1.165) is 11.3 Å². The van der Waals surface area contributed by atoms with Crippen LogP contribution in [0.4, 0.5) is 10.1 Å². The first kappa shape index (κ1) is 14.9. The summed E-state index contributed by atoms with van der Waals surface area (Å²) in [5, 5.41) is 4.33. The molecule has 20 heavy (non-hydrogen) atoms. The third-order valence-electron chi connectivity index (χ3n) is 2.96. The van der Waals surface area contributed by atoms with Crippen molar-refractivity contribution in [2.75, 3.05) is 12.4 Å². The molecule has 2 rings (SSSR count). The third kappa shape index (κ3) is 3.35. The van der Waals surface area contributed by atoms with Gasteiger partial charge in [0.25, 0.3) is 0 Å². The Morgan fingerprint density at radius 1 is 1.15 bits per heavy atom. The lowest BCUT2D eigenvalue weighted by atomic mass is 10.1. The summed E-state index contributed by atoms with van der Waals surface area (Å²) in [6.45, 7) is 2.30. The summed E-state index contributed by atoms with van der Waals surface area (Å²) in [4.78, 5) is 0. The molecule has 5 heteroatoms. The molecule has 0 saturated carbocycles. The second kappa shape index (κ2) is 6.33. The average Bonchev–Trinajstić information content (AvgIpc) is 2.43. The molecule has 0 amide bonds. The van der Waals surface area contributed by atoms with Crippen molar-refractivity contribution in [2.45, 2.75) is 13.5 Å². The van der Waals surface area contributed by atoms with Crippen LogP contribution in [-0.2, 0) is 6.54 Å². The minimum Gasteiger partial charge on any atom is -0.495 e. The molecule has 0 aromatic heterocycles. The molecule has 0 aliphatic rings. The molecule has 0 bridgehead atoms. The number of halogens is 3. The summed E-state index contributed by atoms with van der Waals surface area (Å²) < 4.78 is 18.5. The van der Waals surface area contributed by atoms with Crippen LogP contribution in [0.2, 0.25) is 10.0 Å². The van der Waals surface area contributed by atoms with Gasteiger partial charge in [-0.15, -0.1) is 0 Å². The topological polar surface area (TPSA) is 21.3 Å². The van der Waals surface area contributed by atoms with Gasteiger partial charge in [-0.25, -0.2) is 4.39 Å². The van der Waals surface area contributed by atoms with Gasteiger partial charge in [0.15, 0.2) is 0 Å². The first-order chi connectivity index (χ1) is 9.51. The molecule has 2 aromatic rings. The van der Waals surface area contributed by atoms with Crippen molar-refractivity contribution >= 4 is 28.9 Å². The lowest BCUT2D eigenvalue weighted by Gasteiger charge is -2.14. The number of nitrogens with one attached hydrogen (secondary N) is 1. The van der Waals surface area contributed by atoms with Crippen LogP contribution in [0.5, 0.6) is 5.75 Å². The van der Waals surface area contributed by atoms with Gasteiger partial charge in [0.2, 0.25) is 0 Å². The van der Waals surface area contributed by atoms with E-state index in [1.165, 1.54) is 18.2 Å². The molecule has 0 heterocycles. The summed E-state index contributed by atoms with van der Waals surface area (Å²) in [6, 6.07) is 7.91. The smallest absolute Gasteiger partial charge is 0.143 e. The molecule has 0 aliphatic heterocycles. The number of rotatable bonds is 4. The van der Waals surface area contributed by atoms with Gasteiger partial charge in [0.05, 0.1) is 12.8 Å². The molecule has 0 fully saturated rings. The van der Waals surface area contributed by atoms with Crippen LogP contribution in [0.1, 0.15) is 11.1 Å². The first-order valence-electron chi connectivity index (χ1n) is 6.03. The van der Waals surface area contributed by atoms with E-state index in [1.54, 1.807) is 13.2 Å². The van der Waals surface area contributed by atoms with Crippen LogP contribution in [0.15, 0.2) is 30.3 Å². The van der Waals surface area contributed by atoms with E-state index < -0.39 is 0 Å². The molecular weight excluding hydrogens is 300 g/mol. The quantitative estimate of drug-likeness (QED) is 0.851. The van der Waals surface area contributed by atoms with Crippen LogP contribution in [0, 0.1) is 12.7 Å². The van der Waals surface area contributed by atoms with Crippen LogP contribution in [0.25, 0.3) is 0 Å². The van der Waals surface area contributed by atoms with E-state index in [0.29, 0.717) is 27.9 Å². The molecular formula is C15H14Cl2FNO. The normalized spacial score (nSPS) is 10.4. The molecule has 0 aliphatic carbocycles. The Labute approximate surface area is 127 Å². The Hall–Kier alpha value is -1.45. The van der Waals surface area contributed by atoms with E-state index in [9.17, 15) is 4.39 Å². The highest BCUT2D eigenvalue weighted by Crippen LogP contribution is 2.31. The van der Waals surface area contributed by atoms with Gasteiger partial charge in [0.1, 0.15) is 11.6 Å². The van der Waals surface area contributed by atoms with Crippen molar-refractivity contribution in [3.05, 3.63) is 57.3 Å². The predicted molar refractivity (Wildman–Crippen MR) is 81.5 cm³/mol. The van der Waals surface area contributed by atoms with Gasteiger partial charge < -0.3 is 10.1 Å². The van der Waals surface area contributed by atoms with Crippen LogP contribution in [0.3, 0.4) is 0 Å². The van der Waals surface area contributed by atoms with Gasteiger partial charge >= 0.3 is 0 Å². The molecule has 0 saturated heterocycles. The van der Waals surface area contributed by atoms with Crippen LogP contribution in [-0.4, -0.2) is 7.11 Å². The maximum Gasteiger partial charge on any atom is 0.143 e. The van der Waals surface area contributed by atoms with Gasteiger partial charge in [-0.2, -0.15) is 0 Å². The van der Waals surface area contributed by atoms with Crippen molar-refractivity contribution in [1.82, 2.24) is 0 Å². The Kier molecular flexibility index (Phi) is 4.73. The minimum atomic E-state index is -0.314. The fraction of sp³-hybridized carbons (Fsp3) is 0.200. The largest absolute Gasteiger partial charge is 0.495 e. The lowest BCUT2D eigenvalue weighted by molar-refractivity contribution is 0.416. The summed E-state index contributed by atoms with van der Waals surface area (Å²) >= 11 is 12.1. The monoisotopic (exact) mass is 313 g/mol. The summed E-state index contributed by atoms with van der Waals surface area (Å²) in [7, 11) is 1.57. The Morgan fingerprint density at radius 3 is 2.60 bits per heavy atom. The zero-order valence-corrected chi connectivity index (χ0v) is 12.6. The Balaban J connectivity index is 2.22. The molecule has 0 unspecified atom stereocenters. The molecule has 0 radical (unpaired) electrons. The van der Waals surface area contributed by atoms with Gasteiger partial charge in [0, 0.05) is 22.7 Å². The molecule has 2 aromatic carbocycles. The standard InChI is InChI=1S/C15H14Cl2FNO/c1-9-5-14(15(20-2)7-13(9)17)19-8-10-6-11(18)3-4-12(10)16/h3-7,19H,8H2,1-2H3. The number of ether oxygens (including phenoxy) is 1. The zero-order valence-electron chi connectivity index (χ0n) is 11.1. The van der Waals surface area contributed by atoms with Crippen molar-refractivity contribution < 1.29 is 9.13 Å². The third-order valence-corrected chi connectivity index (χ3v) is 3.73. The SMILES string of the molecule is COc1cc(Cl)c(C)cc1NCc1cc(F)ccc1Cl. The van der Waals surface area contributed by atoms with E-state index >= 15 is 0 Å². The second-order valence-corrected chi connectivity index (χ2v) is 5.21. The maximum atomic E-state index is 13.2. The number of aryl methyl sites for hydroxylation is 1. The summed E-state index contributed by atoms with van der Waals surface area (Å²) in [5.74, 6) is 0.318. The number of hydrogen-bond donors (Lipinski definition) is 1. The van der Waals surface area contributed by atoms with Crippen LogP contribution >= 0.6 is 23.2 Å². The number of anilines is 1. The molecule has 0 atom stereocenters. The lowest BCUT2D eigenvalue weighted by Crippen LogP contribution is -2.03. The highest BCUT2D eigenvalue weighted by Gasteiger charge is 2.08. The number of hydrogen-bond acceptors (Lipinski definition) is 2. The Morgan fingerprint density at radius 2 is 1.90 bits per heavy atom. The number of methoxy groups -OCH3 is 1. The van der Waals surface area contributed by atoms with Gasteiger partial charge in [-0.1, -0.05) is 23.2 Å². The highest BCUT2D eigenvalue weighted by atomic mass is 35.5. The number of benzene rings is 2. The molecule has 2 nitrogen and oxygen atoms in total. The van der Waals surface area contributed by atoms with Crippen molar-refractivity contribution in [1.29, 1.82) is 0 Å². The maximum absolute atomic E-state index is 13.2. The van der Waals surface area contributed by atoms with E-state index in [-0.39, 0.29) is 5.82 Å². The van der Waals surface area contributed by atoms with Crippen LogP contribution < -0.4 is 10.1 Å². The summed E-state index contributed by atoms with van der Waals surface area (Å²) in [6.07, 6.45) is 0. The van der Waals surface area contributed by atoms with E-state index in [1.807, 2.05) is 13.0 Å². The Bertz CT molecular complexity index is 632. The van der Waals surface area contributed by atoms with E-state index in [2.05, 4.69) is 5.32 Å². The molecule has 106 valence electrons. The fourth-order valence-electron chi connectivity index (χ4n) is 1.84. The van der Waals surface area contributed by atoms with Crippen molar-refractivity contribution in [3.8, 4) is 5.75 Å². The highest BCUT2D eigenvalue weighted by molar-refractivity contribution is 6.31. The average molecular weight is 314 g/mol. The second-order valence-electron chi connectivity index (χ2n) is 4.39. The summed E-state index contributed by atoms with van der Waals surface area (Å²) in [5.41, 5.74) is 2.40. The molecule has 0 spiro atoms. The first-order valence-corrected chi connectivity index (χ1v) is 6.79. The fourth-order valence-corrected chi connectivity index (χ4v) is 2.18. The van der Waals surface area contributed by atoms with Crippen molar-refractivity contribution in [2.24, 2.45) is 0 Å². The molecule has 1 N–H and O–H groups in total. The van der Waals surface area contributed by atoms with Crippen molar-refractivity contribution in [3.63, 3.8) is 0 Å².